The zero-order chi connectivity index (χ0) is 23.2. The number of nitrogens with zero attached hydrogens (tertiary/aromatic N) is 4. The van der Waals surface area contributed by atoms with Gasteiger partial charge in [-0.15, -0.1) is 0 Å². The maximum atomic E-state index is 13.2. The molecule has 9 heteroatoms. The summed E-state index contributed by atoms with van der Waals surface area (Å²) in [4.78, 5) is 19.7. The molecule has 2 atom stereocenters. The molecule has 3 aromatic rings. The predicted molar refractivity (Wildman–Crippen MR) is 124 cm³/mol. The van der Waals surface area contributed by atoms with Gasteiger partial charge in [0.25, 0.3) is 5.91 Å². The lowest BCUT2D eigenvalue weighted by molar-refractivity contribution is 0.0447. The number of carbonyl (C=O) groups is 1. The fourth-order valence-corrected chi connectivity index (χ4v) is 4.68. The Hall–Kier alpha value is -3.17. The number of benzene rings is 1. The van der Waals surface area contributed by atoms with Crippen molar-refractivity contribution in [1.29, 1.82) is 0 Å². The van der Waals surface area contributed by atoms with Gasteiger partial charge < -0.3 is 25.2 Å². The summed E-state index contributed by atoms with van der Waals surface area (Å²) in [6.45, 7) is 5.06. The third-order valence-electron chi connectivity index (χ3n) is 6.61. The van der Waals surface area contributed by atoms with Crippen molar-refractivity contribution in [1.82, 2.24) is 14.6 Å². The van der Waals surface area contributed by atoms with E-state index in [9.17, 15) is 15.0 Å². The minimum atomic E-state index is -0.705. The summed E-state index contributed by atoms with van der Waals surface area (Å²) in [6, 6.07) is 5.64. The molecule has 1 amide bonds. The number of fused-ring (bicyclic) bond motifs is 2. The number of carbonyl (C=O) groups excluding carboxylic acids is 1. The van der Waals surface area contributed by atoms with Crippen molar-refractivity contribution in [3.05, 3.63) is 47.9 Å². The number of hydrogen-bond acceptors (Lipinski definition) is 7. The number of nitrogens with one attached hydrogen (secondary N) is 1. The minimum absolute atomic E-state index is 0.0979. The lowest BCUT2D eigenvalue weighted by Crippen LogP contribution is -2.34. The van der Waals surface area contributed by atoms with Gasteiger partial charge in [-0.1, -0.05) is 0 Å². The van der Waals surface area contributed by atoms with Crippen LogP contribution in [0.3, 0.4) is 0 Å². The number of aliphatic hydroxyl groups excluding tert-OH is 1. The van der Waals surface area contributed by atoms with E-state index in [4.69, 9.17) is 4.74 Å². The summed E-state index contributed by atoms with van der Waals surface area (Å²) < 4.78 is 7.64. The fourth-order valence-electron chi connectivity index (χ4n) is 4.68. The van der Waals surface area contributed by atoms with Crippen LogP contribution in [-0.2, 0) is 6.42 Å². The number of rotatable bonds is 4. The lowest BCUT2D eigenvalue weighted by Gasteiger charge is -2.27. The molecule has 3 N–H and O–H groups in total. The summed E-state index contributed by atoms with van der Waals surface area (Å²) in [6.07, 6.45) is 7.63. The monoisotopic (exact) mass is 451 g/mol. The van der Waals surface area contributed by atoms with Crippen molar-refractivity contribution >= 4 is 22.9 Å². The van der Waals surface area contributed by atoms with Gasteiger partial charge in [0.15, 0.2) is 5.65 Å². The molecule has 2 aromatic heterocycles. The molecule has 5 rings (SSSR count). The molecule has 2 aliphatic heterocycles. The van der Waals surface area contributed by atoms with E-state index in [1.54, 1.807) is 23.0 Å². The van der Waals surface area contributed by atoms with E-state index in [2.05, 4.69) is 20.3 Å². The van der Waals surface area contributed by atoms with Crippen LogP contribution in [0.25, 0.3) is 5.65 Å². The van der Waals surface area contributed by atoms with E-state index >= 15 is 0 Å². The van der Waals surface area contributed by atoms with E-state index in [1.165, 1.54) is 6.20 Å². The molecule has 33 heavy (non-hydrogen) atoms. The van der Waals surface area contributed by atoms with Crippen molar-refractivity contribution < 1.29 is 19.7 Å². The summed E-state index contributed by atoms with van der Waals surface area (Å²) in [5.41, 5.74) is 1.93. The van der Waals surface area contributed by atoms with Gasteiger partial charge in [0.05, 0.1) is 29.8 Å². The van der Waals surface area contributed by atoms with Gasteiger partial charge in [0, 0.05) is 43.5 Å². The number of ether oxygens (including phenoxy) is 1. The van der Waals surface area contributed by atoms with Gasteiger partial charge in [-0.05, 0) is 45.2 Å². The molecule has 9 nitrogen and oxygen atoms in total. The molecule has 2 aliphatic rings. The zero-order valence-electron chi connectivity index (χ0n) is 18.9. The highest BCUT2D eigenvalue weighted by molar-refractivity contribution is 6.09. The highest BCUT2D eigenvalue weighted by Crippen LogP contribution is 2.42. The van der Waals surface area contributed by atoms with Gasteiger partial charge in [-0.3, -0.25) is 4.79 Å². The molecule has 4 heterocycles. The molecule has 174 valence electrons. The van der Waals surface area contributed by atoms with Crippen LogP contribution >= 0.6 is 0 Å². The molecular formula is C24H29N5O4. The molecule has 1 unspecified atom stereocenters. The van der Waals surface area contributed by atoms with Gasteiger partial charge in [0.2, 0.25) is 0 Å². The Labute approximate surface area is 192 Å². The molecule has 1 saturated heterocycles. The van der Waals surface area contributed by atoms with Gasteiger partial charge in [-0.25, -0.2) is 9.50 Å². The molecule has 0 radical (unpaired) electrons. The van der Waals surface area contributed by atoms with E-state index < -0.39 is 11.2 Å². The third-order valence-corrected chi connectivity index (χ3v) is 6.61. The van der Waals surface area contributed by atoms with Crippen LogP contribution < -0.4 is 15.0 Å². The Bertz CT molecular complexity index is 1210. The third kappa shape index (κ3) is 4.14. The smallest absolute Gasteiger partial charge is 0.261 e. The number of aliphatic hydroxyl groups is 2. The first kappa shape index (κ1) is 21.7. The summed E-state index contributed by atoms with van der Waals surface area (Å²) >= 11 is 0. The van der Waals surface area contributed by atoms with Crippen molar-refractivity contribution in [3.63, 3.8) is 0 Å². The number of anilines is 2. The van der Waals surface area contributed by atoms with Crippen molar-refractivity contribution in [2.45, 2.75) is 50.7 Å². The largest absolute Gasteiger partial charge is 0.484 e. The highest BCUT2D eigenvalue weighted by Gasteiger charge is 2.36. The number of amides is 1. The Morgan fingerprint density at radius 3 is 2.94 bits per heavy atom. The maximum absolute atomic E-state index is 13.2. The molecule has 0 spiro atoms. The van der Waals surface area contributed by atoms with Crippen LogP contribution in [0.1, 0.15) is 49.0 Å². The van der Waals surface area contributed by atoms with E-state index in [1.807, 2.05) is 26.0 Å². The highest BCUT2D eigenvalue weighted by atomic mass is 16.5. The van der Waals surface area contributed by atoms with Crippen molar-refractivity contribution in [2.24, 2.45) is 0 Å². The molecule has 0 bridgehead atoms. The maximum Gasteiger partial charge on any atom is 0.261 e. The van der Waals surface area contributed by atoms with Crippen LogP contribution in [0.5, 0.6) is 5.75 Å². The van der Waals surface area contributed by atoms with Crippen LogP contribution in [0.4, 0.5) is 11.4 Å². The van der Waals surface area contributed by atoms with Crippen LogP contribution in [0.15, 0.2) is 36.8 Å². The van der Waals surface area contributed by atoms with E-state index in [-0.39, 0.29) is 12.5 Å². The normalized spacial score (nSPS) is 24.9. The molecular weight excluding hydrogens is 422 g/mol. The van der Waals surface area contributed by atoms with E-state index in [0.717, 1.165) is 30.6 Å². The van der Waals surface area contributed by atoms with Crippen LogP contribution in [-0.4, -0.2) is 61.6 Å². The summed E-state index contributed by atoms with van der Waals surface area (Å²) in [7, 11) is 0. The first-order valence-corrected chi connectivity index (χ1v) is 11.3. The zero-order valence-corrected chi connectivity index (χ0v) is 18.9. The fraction of sp³-hybridized carbons (Fsp3) is 0.458. The summed E-state index contributed by atoms with van der Waals surface area (Å²) in [5.74, 6) is 0.420. The molecule has 0 saturated carbocycles. The number of hydrogen-bond donors (Lipinski definition) is 3. The average Bonchev–Trinajstić information content (AvgIpc) is 3.30. The first-order valence-electron chi connectivity index (χ1n) is 11.3. The Morgan fingerprint density at radius 2 is 2.12 bits per heavy atom. The van der Waals surface area contributed by atoms with Gasteiger partial charge in [-0.2, -0.15) is 5.10 Å². The second-order valence-corrected chi connectivity index (χ2v) is 9.60. The molecule has 0 aliphatic carbocycles. The first-order chi connectivity index (χ1) is 15.8. The van der Waals surface area contributed by atoms with Gasteiger partial charge >= 0.3 is 0 Å². The Morgan fingerprint density at radius 1 is 1.27 bits per heavy atom. The van der Waals surface area contributed by atoms with Crippen molar-refractivity contribution in [2.75, 3.05) is 29.9 Å². The van der Waals surface area contributed by atoms with E-state index in [0.29, 0.717) is 42.0 Å². The quantitative estimate of drug-likeness (QED) is 0.558. The lowest BCUT2D eigenvalue weighted by atomic mass is 9.98. The standard InChI is InChI=1S/C24H29N5O4/c1-23(32)5-3-8-28(10-6-23)19-12-20-16(13-24(2,15-30)33-20)11-18(19)27-22(31)17-14-26-29-9-4-7-25-21(17)29/h4,7,9,11-12,14,30,32H,3,5-6,8,10,13,15H2,1-2H3,(H,27,31)/t23-,24?/m0/s1. The average molecular weight is 452 g/mol. The second-order valence-electron chi connectivity index (χ2n) is 9.60. The van der Waals surface area contributed by atoms with Crippen LogP contribution in [0.2, 0.25) is 0 Å². The second kappa shape index (κ2) is 8.00. The topological polar surface area (TPSA) is 112 Å². The SMILES string of the molecule is CC1(CO)Cc2cc(NC(=O)c3cnn4cccnc34)c(N3CCC[C@](C)(O)CC3)cc2O1. The Kier molecular flexibility index (Phi) is 5.25. The Balaban J connectivity index is 1.51. The molecule has 1 fully saturated rings. The molecule has 1 aromatic carbocycles. The minimum Gasteiger partial charge on any atom is -0.484 e. The van der Waals surface area contributed by atoms with Gasteiger partial charge in [0.1, 0.15) is 16.9 Å². The number of aromatic nitrogens is 3. The van der Waals surface area contributed by atoms with Crippen molar-refractivity contribution in [3.8, 4) is 5.75 Å². The van der Waals surface area contributed by atoms with Crippen LogP contribution in [0, 0.1) is 0 Å². The predicted octanol–water partition coefficient (Wildman–Crippen LogP) is 2.41. The summed E-state index contributed by atoms with van der Waals surface area (Å²) in [5, 5.41) is 27.6.